The van der Waals surface area contributed by atoms with E-state index in [0.717, 1.165) is 16.6 Å². The molecule has 2 aromatic rings. The number of hydrogen-bond donors (Lipinski definition) is 2. The predicted molar refractivity (Wildman–Crippen MR) is 72.3 cm³/mol. The van der Waals surface area contributed by atoms with Crippen LogP contribution in [-0.4, -0.2) is 20.2 Å². The summed E-state index contributed by atoms with van der Waals surface area (Å²) in [5.41, 5.74) is 1.76. The molecule has 0 spiro atoms. The molecule has 0 radical (unpaired) electrons. The van der Waals surface area contributed by atoms with E-state index in [4.69, 9.17) is 5.11 Å². The topological polar surface area (TPSA) is 62.5 Å². The van der Waals surface area contributed by atoms with Gasteiger partial charge in [-0.1, -0.05) is 0 Å². The molecule has 1 aromatic carbocycles. The maximum Gasteiger partial charge on any atom is 0.339 e. The fourth-order valence-corrected chi connectivity index (χ4v) is 3.58. The van der Waals surface area contributed by atoms with Gasteiger partial charge in [0.2, 0.25) is 0 Å². The molecule has 0 saturated heterocycles. The molecule has 0 bridgehead atoms. The molecule has 2 rings (SSSR count). The smallest absolute Gasteiger partial charge is 0.339 e. The molecular formula is C10H8INO3S. The molecule has 0 aliphatic carbocycles. The quantitative estimate of drug-likeness (QED) is 0.818. The molecule has 6 heteroatoms. The van der Waals surface area contributed by atoms with Crippen LogP contribution in [0, 0.1) is 6.92 Å². The van der Waals surface area contributed by atoms with Crippen LogP contribution in [-0.2, 0) is 0 Å². The highest BCUT2D eigenvalue weighted by atomic mass is 127. The zero-order valence-corrected chi connectivity index (χ0v) is 11.2. The number of carbonyl (C=O) groups is 1. The first kappa shape index (κ1) is 11.6. The number of hydrogen-bond acceptors (Lipinski definition) is 3. The largest absolute Gasteiger partial charge is 0.507 e. The Hall–Kier alpha value is -0.890. The Labute approximate surface area is 108 Å². The fourth-order valence-electron chi connectivity index (χ4n) is 1.62. The summed E-state index contributed by atoms with van der Waals surface area (Å²) in [7, 11) is 1.48. The first-order chi connectivity index (χ1) is 7.54. The van der Waals surface area contributed by atoms with E-state index in [-0.39, 0.29) is 11.3 Å². The second-order valence-corrected chi connectivity index (χ2v) is 5.07. The van der Waals surface area contributed by atoms with E-state index in [1.807, 2.05) is 17.0 Å². The van der Waals surface area contributed by atoms with E-state index in [2.05, 4.69) is 21.2 Å². The number of carboxylic acid groups (broad SMARTS) is 1. The van der Waals surface area contributed by atoms with Gasteiger partial charge in [0, 0.05) is 47.5 Å². The zero-order valence-electron chi connectivity index (χ0n) is 8.27. The van der Waals surface area contributed by atoms with Gasteiger partial charge in [0.1, 0.15) is 11.3 Å². The normalized spacial score (nSPS) is 10.9. The molecule has 4 nitrogen and oxygen atoms in total. The molecule has 0 aliphatic heterocycles. The van der Waals surface area contributed by atoms with Crippen molar-refractivity contribution >= 4 is 47.2 Å². The highest BCUT2D eigenvalue weighted by Crippen LogP contribution is 2.32. The van der Waals surface area contributed by atoms with Gasteiger partial charge in [0.25, 0.3) is 0 Å². The average molecular weight is 349 g/mol. The standard InChI is InChI=1S/C10H8INO3S/c1-5-2-6-3-7(10(14)15)9(13)4-8(6)12(5)16-11/h2-4,13H,1H3,(H,14,15). The predicted octanol–water partition coefficient (Wildman–Crippen LogP) is 3.20. The minimum Gasteiger partial charge on any atom is -0.507 e. The van der Waals surface area contributed by atoms with Crippen molar-refractivity contribution in [1.29, 1.82) is 0 Å². The summed E-state index contributed by atoms with van der Waals surface area (Å²) < 4.78 is 1.93. The lowest BCUT2D eigenvalue weighted by molar-refractivity contribution is 0.0694. The van der Waals surface area contributed by atoms with Gasteiger partial charge in [-0.2, -0.15) is 0 Å². The number of fused-ring (bicyclic) bond motifs is 1. The molecule has 0 fully saturated rings. The summed E-state index contributed by atoms with van der Waals surface area (Å²) in [6, 6.07) is 4.87. The Morgan fingerprint density at radius 1 is 1.44 bits per heavy atom. The van der Waals surface area contributed by atoms with Crippen LogP contribution in [0.4, 0.5) is 0 Å². The van der Waals surface area contributed by atoms with Gasteiger partial charge in [0.05, 0.1) is 5.52 Å². The Morgan fingerprint density at radius 2 is 2.12 bits per heavy atom. The molecule has 1 aromatic heterocycles. The average Bonchev–Trinajstić information content (AvgIpc) is 2.51. The number of benzene rings is 1. The lowest BCUT2D eigenvalue weighted by atomic mass is 10.1. The van der Waals surface area contributed by atoms with Crippen LogP contribution < -0.4 is 0 Å². The molecule has 0 atom stereocenters. The van der Waals surface area contributed by atoms with E-state index in [1.54, 1.807) is 0 Å². The van der Waals surface area contributed by atoms with Gasteiger partial charge in [-0.25, -0.2) is 4.79 Å². The van der Waals surface area contributed by atoms with Gasteiger partial charge < -0.3 is 10.2 Å². The Kier molecular flexibility index (Phi) is 3.02. The zero-order chi connectivity index (χ0) is 11.9. The van der Waals surface area contributed by atoms with E-state index < -0.39 is 5.97 Å². The van der Waals surface area contributed by atoms with Gasteiger partial charge in [-0.3, -0.25) is 3.97 Å². The monoisotopic (exact) mass is 349 g/mol. The molecule has 2 N–H and O–H groups in total. The minimum absolute atomic E-state index is 0.0666. The lowest BCUT2D eigenvalue weighted by Crippen LogP contribution is -1.96. The maximum atomic E-state index is 10.9. The maximum absolute atomic E-state index is 10.9. The highest BCUT2D eigenvalue weighted by molar-refractivity contribution is 14.2. The van der Waals surface area contributed by atoms with Crippen LogP contribution in [0.15, 0.2) is 18.2 Å². The number of aryl methyl sites for hydroxylation is 1. The van der Waals surface area contributed by atoms with Crippen molar-refractivity contribution in [1.82, 2.24) is 3.97 Å². The van der Waals surface area contributed by atoms with Crippen molar-refractivity contribution in [2.24, 2.45) is 0 Å². The van der Waals surface area contributed by atoms with Crippen molar-refractivity contribution in [3.63, 3.8) is 0 Å². The summed E-state index contributed by atoms with van der Waals surface area (Å²) in [6.07, 6.45) is 0. The van der Waals surface area contributed by atoms with Gasteiger partial charge in [0.15, 0.2) is 0 Å². The van der Waals surface area contributed by atoms with Crippen molar-refractivity contribution in [2.45, 2.75) is 6.92 Å². The number of halogens is 1. The number of aromatic nitrogens is 1. The van der Waals surface area contributed by atoms with Crippen LogP contribution in [0.25, 0.3) is 10.9 Å². The molecule has 1 heterocycles. The number of aromatic carboxylic acids is 1. The van der Waals surface area contributed by atoms with Gasteiger partial charge in [-0.05, 0) is 19.1 Å². The number of carboxylic acids is 1. The Balaban J connectivity index is 2.78. The van der Waals surface area contributed by atoms with Crippen molar-refractivity contribution in [2.75, 3.05) is 0 Å². The second-order valence-electron chi connectivity index (χ2n) is 3.38. The van der Waals surface area contributed by atoms with Crippen molar-refractivity contribution in [3.05, 3.63) is 29.5 Å². The van der Waals surface area contributed by atoms with Crippen LogP contribution in [0.1, 0.15) is 16.1 Å². The van der Waals surface area contributed by atoms with Gasteiger partial charge in [-0.15, -0.1) is 0 Å². The van der Waals surface area contributed by atoms with E-state index in [9.17, 15) is 9.90 Å². The summed E-state index contributed by atoms with van der Waals surface area (Å²) >= 11 is 2.14. The second kappa shape index (κ2) is 4.17. The fraction of sp³-hybridized carbons (Fsp3) is 0.100. The molecule has 0 unspecified atom stereocenters. The van der Waals surface area contributed by atoms with Crippen LogP contribution in [0.3, 0.4) is 0 Å². The molecule has 0 aliphatic rings. The molecule has 0 amide bonds. The summed E-state index contributed by atoms with van der Waals surface area (Å²) in [4.78, 5) is 10.9. The third-order valence-electron chi connectivity index (χ3n) is 2.35. The number of aromatic hydroxyl groups is 1. The third-order valence-corrected chi connectivity index (χ3v) is 4.15. The van der Waals surface area contributed by atoms with Crippen LogP contribution in [0.2, 0.25) is 0 Å². The molecule has 16 heavy (non-hydrogen) atoms. The molecule has 0 saturated carbocycles. The first-order valence-corrected chi connectivity index (χ1v) is 7.73. The summed E-state index contributed by atoms with van der Waals surface area (Å²) in [5.74, 6) is -1.32. The molecular weight excluding hydrogens is 341 g/mol. The van der Waals surface area contributed by atoms with E-state index in [0.29, 0.717) is 0 Å². The van der Waals surface area contributed by atoms with Crippen LogP contribution >= 0.6 is 30.3 Å². The van der Waals surface area contributed by atoms with Crippen molar-refractivity contribution in [3.8, 4) is 5.75 Å². The summed E-state index contributed by atoms with van der Waals surface area (Å²) in [6.45, 7) is 1.93. The minimum atomic E-state index is -1.12. The van der Waals surface area contributed by atoms with Crippen LogP contribution in [0.5, 0.6) is 5.75 Å². The van der Waals surface area contributed by atoms with E-state index in [1.165, 1.54) is 21.3 Å². The Bertz CT molecular complexity index is 579. The SMILES string of the molecule is Cc1cc2cc(C(=O)O)c(O)cc2n1SI. The first-order valence-electron chi connectivity index (χ1n) is 4.42. The summed E-state index contributed by atoms with van der Waals surface area (Å²) in [5, 5.41) is 19.3. The number of nitrogens with zero attached hydrogens (tertiary/aromatic N) is 1. The highest BCUT2D eigenvalue weighted by Gasteiger charge is 2.14. The number of rotatable bonds is 2. The number of phenols is 1. The third kappa shape index (κ3) is 1.75. The van der Waals surface area contributed by atoms with Crippen molar-refractivity contribution < 1.29 is 15.0 Å². The lowest BCUT2D eigenvalue weighted by Gasteiger charge is -2.03. The Morgan fingerprint density at radius 3 is 2.69 bits per heavy atom. The molecule has 84 valence electrons. The van der Waals surface area contributed by atoms with E-state index >= 15 is 0 Å². The van der Waals surface area contributed by atoms with Gasteiger partial charge >= 0.3 is 5.97 Å².